The lowest BCUT2D eigenvalue weighted by molar-refractivity contribution is 0.637. The molecule has 0 amide bonds. The second-order valence-electron chi connectivity index (χ2n) is 3.89. The molecule has 6 heteroatoms. The maximum Gasteiger partial charge on any atom is 0.295 e. The van der Waals surface area contributed by atoms with E-state index in [1.807, 2.05) is 13.8 Å². The van der Waals surface area contributed by atoms with Crippen LogP contribution in [0.4, 0.5) is 5.82 Å². The van der Waals surface area contributed by atoms with Crippen molar-refractivity contribution < 1.29 is 0 Å². The molecule has 2 rings (SSSR count). The van der Waals surface area contributed by atoms with E-state index >= 15 is 0 Å². The second-order valence-corrected chi connectivity index (χ2v) is 3.89. The SMILES string of the molecule is CCCn1ccnc(-n2cc(C)c(N)n2)c1=O. The van der Waals surface area contributed by atoms with Gasteiger partial charge in [-0.25, -0.2) is 9.67 Å². The summed E-state index contributed by atoms with van der Waals surface area (Å²) in [5.74, 6) is 0.692. The van der Waals surface area contributed by atoms with E-state index in [9.17, 15) is 4.79 Å². The lowest BCUT2D eigenvalue weighted by atomic mass is 10.4. The van der Waals surface area contributed by atoms with E-state index in [-0.39, 0.29) is 11.4 Å². The minimum Gasteiger partial charge on any atom is -0.382 e. The molecule has 0 saturated heterocycles. The van der Waals surface area contributed by atoms with Crippen molar-refractivity contribution in [3.63, 3.8) is 0 Å². The largest absolute Gasteiger partial charge is 0.382 e. The van der Waals surface area contributed by atoms with Crippen LogP contribution in [0.1, 0.15) is 18.9 Å². The number of nitrogen functional groups attached to an aromatic ring is 1. The van der Waals surface area contributed by atoms with Crippen LogP contribution in [0, 0.1) is 6.92 Å². The molecule has 0 unspecified atom stereocenters. The monoisotopic (exact) mass is 233 g/mol. The van der Waals surface area contributed by atoms with Gasteiger partial charge < -0.3 is 10.3 Å². The Kier molecular flexibility index (Phi) is 2.95. The first-order chi connectivity index (χ1) is 8.13. The van der Waals surface area contributed by atoms with Gasteiger partial charge in [0.2, 0.25) is 5.82 Å². The topological polar surface area (TPSA) is 78.7 Å². The van der Waals surface area contributed by atoms with Crippen LogP contribution in [0.5, 0.6) is 0 Å². The van der Waals surface area contributed by atoms with Gasteiger partial charge in [0.25, 0.3) is 5.56 Å². The van der Waals surface area contributed by atoms with Gasteiger partial charge in [0, 0.05) is 30.7 Å². The summed E-state index contributed by atoms with van der Waals surface area (Å²) < 4.78 is 3.05. The van der Waals surface area contributed by atoms with Gasteiger partial charge in [-0.15, -0.1) is 5.10 Å². The first kappa shape index (κ1) is 11.4. The number of nitrogens with zero attached hydrogens (tertiary/aromatic N) is 4. The quantitative estimate of drug-likeness (QED) is 0.847. The summed E-state index contributed by atoms with van der Waals surface area (Å²) >= 11 is 0. The van der Waals surface area contributed by atoms with E-state index in [1.54, 1.807) is 23.2 Å². The highest BCUT2D eigenvalue weighted by Crippen LogP contribution is 2.08. The van der Waals surface area contributed by atoms with Crippen LogP contribution in [-0.2, 0) is 6.54 Å². The van der Waals surface area contributed by atoms with Crippen molar-refractivity contribution >= 4 is 5.82 Å². The van der Waals surface area contributed by atoms with Crippen molar-refractivity contribution in [1.82, 2.24) is 19.3 Å². The van der Waals surface area contributed by atoms with Crippen molar-refractivity contribution in [3.05, 3.63) is 34.5 Å². The maximum atomic E-state index is 12.1. The molecule has 0 saturated carbocycles. The van der Waals surface area contributed by atoms with E-state index in [0.29, 0.717) is 12.4 Å². The van der Waals surface area contributed by atoms with Gasteiger partial charge in [-0.05, 0) is 13.3 Å². The molecule has 0 aliphatic heterocycles. The van der Waals surface area contributed by atoms with Crippen LogP contribution >= 0.6 is 0 Å². The predicted molar refractivity (Wildman–Crippen MR) is 65.1 cm³/mol. The van der Waals surface area contributed by atoms with Crippen molar-refractivity contribution in [1.29, 1.82) is 0 Å². The molecule has 17 heavy (non-hydrogen) atoms. The summed E-state index contributed by atoms with van der Waals surface area (Å²) in [7, 11) is 0. The van der Waals surface area contributed by atoms with Crippen LogP contribution in [0.3, 0.4) is 0 Å². The summed E-state index contributed by atoms with van der Waals surface area (Å²) in [6, 6.07) is 0. The van der Waals surface area contributed by atoms with E-state index in [4.69, 9.17) is 5.73 Å². The molecule has 2 aromatic rings. The minimum atomic E-state index is -0.156. The van der Waals surface area contributed by atoms with Crippen molar-refractivity contribution in [2.45, 2.75) is 26.8 Å². The number of aromatic nitrogens is 4. The van der Waals surface area contributed by atoms with Gasteiger partial charge in [-0.2, -0.15) is 0 Å². The molecule has 2 heterocycles. The Labute approximate surface area is 98.7 Å². The van der Waals surface area contributed by atoms with Crippen LogP contribution < -0.4 is 11.3 Å². The molecule has 0 spiro atoms. The zero-order valence-electron chi connectivity index (χ0n) is 9.92. The van der Waals surface area contributed by atoms with Crippen molar-refractivity contribution in [2.24, 2.45) is 0 Å². The minimum absolute atomic E-state index is 0.156. The summed E-state index contributed by atoms with van der Waals surface area (Å²) in [6.45, 7) is 4.53. The molecule has 2 N–H and O–H groups in total. The molecule has 0 radical (unpaired) electrons. The lowest BCUT2D eigenvalue weighted by Crippen LogP contribution is -2.25. The average molecular weight is 233 g/mol. The Morgan fingerprint density at radius 2 is 2.24 bits per heavy atom. The van der Waals surface area contributed by atoms with Gasteiger partial charge in [0.1, 0.15) is 5.82 Å². The Hall–Kier alpha value is -2.11. The zero-order valence-corrected chi connectivity index (χ0v) is 9.92. The van der Waals surface area contributed by atoms with Crippen LogP contribution in [0.15, 0.2) is 23.4 Å². The number of hydrogen-bond donors (Lipinski definition) is 1. The highest BCUT2D eigenvalue weighted by atomic mass is 16.1. The Balaban J connectivity index is 2.52. The molecule has 2 aromatic heterocycles. The zero-order chi connectivity index (χ0) is 12.4. The summed E-state index contributed by atoms with van der Waals surface area (Å²) in [5, 5.41) is 4.06. The number of nitrogens with two attached hydrogens (primary N) is 1. The third kappa shape index (κ3) is 2.06. The molecule has 0 aliphatic carbocycles. The Bertz CT molecular complexity index is 564. The molecule has 0 aliphatic rings. The molecule has 0 atom stereocenters. The van der Waals surface area contributed by atoms with Gasteiger partial charge in [-0.3, -0.25) is 4.79 Å². The number of rotatable bonds is 3. The number of hydrogen-bond acceptors (Lipinski definition) is 4. The van der Waals surface area contributed by atoms with E-state index < -0.39 is 0 Å². The summed E-state index contributed by atoms with van der Waals surface area (Å²) in [5.41, 5.74) is 6.33. The van der Waals surface area contributed by atoms with Gasteiger partial charge in [0.05, 0.1) is 0 Å². The number of anilines is 1. The fraction of sp³-hybridized carbons (Fsp3) is 0.364. The average Bonchev–Trinajstić information content (AvgIpc) is 2.62. The maximum absolute atomic E-state index is 12.1. The van der Waals surface area contributed by atoms with Crippen LogP contribution in [0.2, 0.25) is 0 Å². The van der Waals surface area contributed by atoms with E-state index in [1.165, 1.54) is 4.68 Å². The third-order valence-corrected chi connectivity index (χ3v) is 2.51. The molecule has 0 bridgehead atoms. The molecule has 6 nitrogen and oxygen atoms in total. The third-order valence-electron chi connectivity index (χ3n) is 2.51. The predicted octanol–water partition coefficient (Wildman–Crippen LogP) is 0.730. The molecular formula is C11H15N5O. The van der Waals surface area contributed by atoms with Crippen LogP contribution in [0.25, 0.3) is 5.82 Å². The molecule has 0 fully saturated rings. The highest BCUT2D eigenvalue weighted by Gasteiger charge is 2.09. The fourth-order valence-electron chi connectivity index (χ4n) is 1.59. The fourth-order valence-corrected chi connectivity index (χ4v) is 1.59. The number of aryl methyl sites for hydroxylation is 2. The van der Waals surface area contributed by atoms with Gasteiger partial charge >= 0.3 is 0 Å². The smallest absolute Gasteiger partial charge is 0.295 e. The van der Waals surface area contributed by atoms with Gasteiger partial charge in [0.15, 0.2) is 0 Å². The second kappa shape index (κ2) is 4.40. The lowest BCUT2D eigenvalue weighted by Gasteiger charge is -2.05. The van der Waals surface area contributed by atoms with Crippen LogP contribution in [-0.4, -0.2) is 19.3 Å². The molecule has 90 valence electrons. The Morgan fingerprint density at radius 1 is 1.47 bits per heavy atom. The van der Waals surface area contributed by atoms with Gasteiger partial charge in [-0.1, -0.05) is 6.92 Å². The summed E-state index contributed by atoms with van der Waals surface area (Å²) in [4.78, 5) is 16.1. The first-order valence-electron chi connectivity index (χ1n) is 5.51. The Morgan fingerprint density at radius 3 is 2.82 bits per heavy atom. The molecular weight excluding hydrogens is 218 g/mol. The van der Waals surface area contributed by atoms with Crippen molar-refractivity contribution in [3.8, 4) is 5.82 Å². The highest BCUT2D eigenvalue weighted by molar-refractivity contribution is 5.38. The summed E-state index contributed by atoms with van der Waals surface area (Å²) in [6.07, 6.45) is 5.87. The normalized spacial score (nSPS) is 10.7. The van der Waals surface area contributed by atoms with Crippen molar-refractivity contribution in [2.75, 3.05) is 5.73 Å². The molecule has 0 aromatic carbocycles. The van der Waals surface area contributed by atoms with E-state index in [2.05, 4.69) is 10.1 Å². The first-order valence-corrected chi connectivity index (χ1v) is 5.51. The standard InChI is InChI=1S/C11H15N5O/c1-3-5-15-6-4-13-10(11(15)17)16-7-8(2)9(12)14-16/h4,6-7H,3,5H2,1-2H3,(H2,12,14). The van der Waals surface area contributed by atoms with E-state index in [0.717, 1.165) is 12.0 Å².